The molecule has 0 spiro atoms. The molecule has 0 aliphatic rings. The fourth-order valence-electron chi connectivity index (χ4n) is 1.59. The van der Waals surface area contributed by atoms with Crippen molar-refractivity contribution in [3.63, 3.8) is 0 Å². The van der Waals surface area contributed by atoms with Crippen LogP contribution in [0.2, 0.25) is 0 Å². The van der Waals surface area contributed by atoms with E-state index in [2.05, 4.69) is 30.7 Å². The molecule has 0 atom stereocenters. The quantitative estimate of drug-likeness (QED) is 0.670. The van der Waals surface area contributed by atoms with E-state index in [1.165, 1.54) is 25.0 Å². The van der Waals surface area contributed by atoms with E-state index < -0.39 is 5.97 Å². The molecule has 0 saturated carbocycles. The van der Waals surface area contributed by atoms with Gasteiger partial charge < -0.3 is 4.74 Å². The van der Waals surface area contributed by atoms with E-state index in [4.69, 9.17) is 0 Å². The minimum Gasteiger partial charge on any atom is -0.464 e. The first kappa shape index (κ1) is 12.6. The number of rotatable bonds is 2. The first-order valence-corrected chi connectivity index (χ1v) is 5.83. The van der Waals surface area contributed by atoms with Crippen LogP contribution in [0, 0.1) is 0 Å². The molecule has 18 heavy (non-hydrogen) atoms. The Labute approximate surface area is 111 Å². The number of ether oxygens (including phenoxy) is 1. The van der Waals surface area contributed by atoms with Gasteiger partial charge in [0.2, 0.25) is 0 Å². The molecule has 0 aromatic carbocycles. The van der Waals surface area contributed by atoms with Gasteiger partial charge in [0, 0.05) is 18.8 Å². The fourth-order valence-corrected chi connectivity index (χ4v) is 1.82. The summed E-state index contributed by atoms with van der Waals surface area (Å²) in [6.45, 7) is 0. The summed E-state index contributed by atoms with van der Waals surface area (Å²) in [5.41, 5.74) is 0.624. The molecule has 7 heteroatoms. The van der Waals surface area contributed by atoms with Crippen LogP contribution < -0.4 is 5.56 Å². The number of carbonyl (C=O) groups is 1. The van der Waals surface area contributed by atoms with Crippen LogP contribution in [0.25, 0.3) is 11.1 Å². The molecule has 6 nitrogen and oxygen atoms in total. The molecule has 1 N–H and O–H groups in total. The highest BCUT2D eigenvalue weighted by Gasteiger charge is 2.21. The van der Waals surface area contributed by atoms with Gasteiger partial charge in [0.25, 0.3) is 5.56 Å². The third-order valence-electron chi connectivity index (χ3n) is 2.45. The minimum absolute atomic E-state index is 0.120. The average molecular weight is 312 g/mol. The summed E-state index contributed by atoms with van der Waals surface area (Å²) in [4.78, 5) is 27.6. The predicted octanol–water partition coefficient (Wildman–Crippen LogP) is 1.32. The maximum Gasteiger partial charge on any atom is 0.356 e. The molecule has 0 bridgehead atoms. The van der Waals surface area contributed by atoms with Crippen LogP contribution in [0.4, 0.5) is 0 Å². The number of esters is 1. The van der Waals surface area contributed by atoms with E-state index in [1.54, 1.807) is 12.1 Å². The van der Waals surface area contributed by atoms with E-state index in [0.717, 1.165) is 0 Å². The number of nitrogens with zero attached hydrogens (tertiary/aromatic N) is 2. The molecule has 0 radical (unpaired) electrons. The number of carbonyl (C=O) groups excluding carboxylic acids is 1. The van der Waals surface area contributed by atoms with Crippen molar-refractivity contribution >= 4 is 21.9 Å². The zero-order valence-electron chi connectivity index (χ0n) is 9.73. The fraction of sp³-hybridized carbons (Fsp3) is 0.182. The van der Waals surface area contributed by atoms with Crippen LogP contribution in [0.5, 0.6) is 0 Å². The average Bonchev–Trinajstić information content (AvgIpc) is 2.66. The van der Waals surface area contributed by atoms with Gasteiger partial charge in [-0.05, 0) is 28.1 Å². The molecule has 0 amide bonds. The molecule has 2 heterocycles. The van der Waals surface area contributed by atoms with Crippen LogP contribution in [-0.2, 0) is 11.8 Å². The Balaban J connectivity index is 2.66. The van der Waals surface area contributed by atoms with Gasteiger partial charge >= 0.3 is 5.97 Å². The molecular weight excluding hydrogens is 302 g/mol. The van der Waals surface area contributed by atoms with Gasteiger partial charge in [0.1, 0.15) is 4.60 Å². The number of nitrogens with one attached hydrogen (secondary N) is 1. The summed E-state index contributed by atoms with van der Waals surface area (Å²) < 4.78 is 6.52. The smallest absolute Gasteiger partial charge is 0.356 e. The van der Waals surface area contributed by atoms with Crippen molar-refractivity contribution < 1.29 is 9.53 Å². The monoisotopic (exact) mass is 311 g/mol. The Morgan fingerprint density at radius 2 is 2.22 bits per heavy atom. The van der Waals surface area contributed by atoms with E-state index >= 15 is 0 Å². The first-order valence-electron chi connectivity index (χ1n) is 5.04. The molecular formula is C11H10BrN3O3. The van der Waals surface area contributed by atoms with Crippen LogP contribution in [0.1, 0.15) is 10.5 Å². The van der Waals surface area contributed by atoms with Crippen molar-refractivity contribution in [3.8, 4) is 11.1 Å². The summed E-state index contributed by atoms with van der Waals surface area (Å²) in [5.74, 6) is -0.592. The third kappa shape index (κ3) is 2.08. The van der Waals surface area contributed by atoms with Gasteiger partial charge in [-0.3, -0.25) is 14.6 Å². The van der Waals surface area contributed by atoms with Crippen molar-refractivity contribution in [2.75, 3.05) is 7.11 Å². The predicted molar refractivity (Wildman–Crippen MR) is 68.3 cm³/mol. The van der Waals surface area contributed by atoms with Gasteiger partial charge in [-0.25, -0.2) is 9.78 Å². The molecule has 0 unspecified atom stereocenters. The van der Waals surface area contributed by atoms with Gasteiger partial charge in [0.15, 0.2) is 5.69 Å². The second kappa shape index (κ2) is 4.77. The number of methoxy groups -OCH3 is 1. The van der Waals surface area contributed by atoms with Crippen molar-refractivity contribution in [3.05, 3.63) is 39.0 Å². The minimum atomic E-state index is -0.592. The summed E-state index contributed by atoms with van der Waals surface area (Å²) in [7, 11) is 2.79. The maximum absolute atomic E-state index is 12.0. The number of aryl methyl sites for hydroxylation is 1. The standard InChI is InChI=1S/C11H10BrN3O3/c1-15-10(16)8(9(14-15)11(17)18-2)6-3-4-7(12)13-5-6/h3-5,14H,1-2H3. The highest BCUT2D eigenvalue weighted by Crippen LogP contribution is 2.20. The van der Waals surface area contributed by atoms with Crippen LogP contribution in [0.15, 0.2) is 27.7 Å². The molecule has 0 aliphatic heterocycles. The highest BCUT2D eigenvalue weighted by molar-refractivity contribution is 9.10. The van der Waals surface area contributed by atoms with Crippen molar-refractivity contribution in [2.24, 2.45) is 7.05 Å². The lowest BCUT2D eigenvalue weighted by molar-refractivity contribution is 0.0594. The highest BCUT2D eigenvalue weighted by atomic mass is 79.9. The topological polar surface area (TPSA) is 77.0 Å². The normalized spacial score (nSPS) is 10.4. The molecule has 0 aliphatic carbocycles. The molecule has 2 rings (SSSR count). The summed E-state index contributed by atoms with van der Waals surface area (Å²) in [5, 5.41) is 2.67. The molecule has 2 aromatic heterocycles. The zero-order chi connectivity index (χ0) is 13.3. The Hall–Kier alpha value is -1.89. The van der Waals surface area contributed by atoms with Crippen molar-refractivity contribution in [1.82, 2.24) is 14.8 Å². The molecule has 0 fully saturated rings. The van der Waals surface area contributed by atoms with Gasteiger partial charge in [0.05, 0.1) is 12.7 Å². The number of hydrogen-bond donors (Lipinski definition) is 1. The number of pyridine rings is 1. The Kier molecular flexibility index (Phi) is 3.33. The van der Waals surface area contributed by atoms with Crippen LogP contribution >= 0.6 is 15.9 Å². The summed E-state index contributed by atoms with van der Waals surface area (Å²) in [6.07, 6.45) is 1.51. The van der Waals surface area contributed by atoms with E-state index in [9.17, 15) is 9.59 Å². The largest absolute Gasteiger partial charge is 0.464 e. The lowest BCUT2D eigenvalue weighted by Gasteiger charge is -2.00. The Bertz CT molecular complexity index is 643. The van der Waals surface area contributed by atoms with Gasteiger partial charge in [-0.1, -0.05) is 0 Å². The lowest BCUT2D eigenvalue weighted by Crippen LogP contribution is -2.13. The van der Waals surface area contributed by atoms with Crippen molar-refractivity contribution in [1.29, 1.82) is 0 Å². The second-order valence-electron chi connectivity index (χ2n) is 3.59. The maximum atomic E-state index is 12.0. The van der Waals surface area contributed by atoms with Gasteiger partial charge in [-0.2, -0.15) is 0 Å². The zero-order valence-corrected chi connectivity index (χ0v) is 11.3. The van der Waals surface area contributed by atoms with Crippen LogP contribution in [0.3, 0.4) is 0 Å². The number of aromatic nitrogens is 3. The summed E-state index contributed by atoms with van der Waals surface area (Å²) >= 11 is 3.21. The molecule has 2 aromatic rings. The Morgan fingerprint density at radius 3 is 2.78 bits per heavy atom. The first-order chi connectivity index (χ1) is 8.54. The Morgan fingerprint density at radius 1 is 1.50 bits per heavy atom. The van der Waals surface area contributed by atoms with E-state index in [1.807, 2.05) is 0 Å². The molecule has 0 saturated heterocycles. The lowest BCUT2D eigenvalue weighted by atomic mass is 10.1. The number of H-pyrrole nitrogens is 1. The SMILES string of the molecule is COC(=O)c1[nH]n(C)c(=O)c1-c1ccc(Br)nc1. The third-order valence-corrected chi connectivity index (χ3v) is 2.92. The second-order valence-corrected chi connectivity index (χ2v) is 4.40. The van der Waals surface area contributed by atoms with Crippen molar-refractivity contribution in [2.45, 2.75) is 0 Å². The number of aromatic amines is 1. The van der Waals surface area contributed by atoms with E-state index in [0.29, 0.717) is 10.2 Å². The molecule has 94 valence electrons. The number of halogens is 1. The summed E-state index contributed by atoms with van der Waals surface area (Å²) in [6, 6.07) is 3.40. The number of hydrogen-bond acceptors (Lipinski definition) is 4. The van der Waals surface area contributed by atoms with Gasteiger partial charge in [-0.15, -0.1) is 0 Å². The van der Waals surface area contributed by atoms with E-state index in [-0.39, 0.29) is 16.8 Å². The van der Waals surface area contributed by atoms with Crippen LogP contribution in [-0.4, -0.2) is 27.8 Å².